The van der Waals surface area contributed by atoms with Crippen molar-refractivity contribution in [2.45, 2.75) is 33.2 Å². The van der Waals surface area contributed by atoms with Gasteiger partial charge in [0, 0.05) is 19.6 Å². The van der Waals surface area contributed by atoms with E-state index in [1.54, 1.807) is 0 Å². The molecule has 20 heavy (non-hydrogen) atoms. The molecule has 2 rings (SSSR count). The highest BCUT2D eigenvalue weighted by atomic mass is 79.9. The summed E-state index contributed by atoms with van der Waals surface area (Å²) in [5.74, 6) is 1.40. The van der Waals surface area contributed by atoms with Crippen molar-refractivity contribution < 1.29 is 9.21 Å². The van der Waals surface area contributed by atoms with Crippen LogP contribution in [-0.4, -0.2) is 41.9 Å². The molecule has 0 aromatic carbocycles. The smallest absolute Gasteiger partial charge is 0.226 e. The molecule has 0 unspecified atom stereocenters. The Bertz CT molecular complexity index is 443. The minimum Gasteiger partial charge on any atom is -0.453 e. The van der Waals surface area contributed by atoms with Gasteiger partial charge in [0.25, 0.3) is 0 Å². The Morgan fingerprint density at radius 2 is 2.20 bits per heavy atom. The molecule has 5 heteroatoms. The van der Waals surface area contributed by atoms with Gasteiger partial charge in [-0.25, -0.2) is 0 Å². The van der Waals surface area contributed by atoms with Crippen molar-refractivity contribution in [3.05, 3.63) is 22.6 Å². The van der Waals surface area contributed by atoms with E-state index in [1.165, 1.54) is 0 Å². The minimum atomic E-state index is 0.141. The zero-order chi connectivity index (χ0) is 14.5. The van der Waals surface area contributed by atoms with Gasteiger partial charge in [0.05, 0.1) is 12.5 Å². The molecule has 0 spiro atoms. The van der Waals surface area contributed by atoms with Crippen LogP contribution in [0.25, 0.3) is 0 Å². The molecule has 0 N–H and O–H groups in total. The molecule has 1 atom stereocenters. The zero-order valence-corrected chi connectivity index (χ0v) is 13.9. The van der Waals surface area contributed by atoms with Gasteiger partial charge >= 0.3 is 0 Å². The van der Waals surface area contributed by atoms with Crippen molar-refractivity contribution in [1.29, 1.82) is 0 Å². The zero-order valence-electron chi connectivity index (χ0n) is 12.3. The van der Waals surface area contributed by atoms with Crippen molar-refractivity contribution in [1.82, 2.24) is 9.80 Å². The number of nitrogens with zero attached hydrogens (tertiary/aromatic N) is 2. The van der Waals surface area contributed by atoms with Gasteiger partial charge < -0.3 is 9.32 Å². The summed E-state index contributed by atoms with van der Waals surface area (Å²) in [6.45, 7) is 8.36. The summed E-state index contributed by atoms with van der Waals surface area (Å²) in [6.07, 6.45) is 2.09. The van der Waals surface area contributed by atoms with E-state index in [0.717, 1.165) is 56.0 Å². The standard InChI is InChI=1S/C15H23BrN2O2/c1-3-18(4-2)15(19)12-6-5-9-17(10-12)11-13-7-8-14(16)20-13/h7-8,12H,3-6,9-11H2,1-2H3/t12-/m0/s1. The Morgan fingerprint density at radius 3 is 2.80 bits per heavy atom. The van der Waals surface area contributed by atoms with Crippen LogP contribution in [0.4, 0.5) is 0 Å². The third-order valence-corrected chi connectivity index (χ3v) is 4.36. The molecule has 1 aliphatic heterocycles. The van der Waals surface area contributed by atoms with Crippen LogP contribution in [-0.2, 0) is 11.3 Å². The van der Waals surface area contributed by atoms with E-state index in [-0.39, 0.29) is 5.92 Å². The van der Waals surface area contributed by atoms with Gasteiger partial charge in [0.2, 0.25) is 5.91 Å². The van der Waals surface area contributed by atoms with E-state index in [2.05, 4.69) is 20.8 Å². The molecule has 0 radical (unpaired) electrons. The number of carbonyl (C=O) groups excluding carboxylic acids is 1. The van der Waals surface area contributed by atoms with E-state index in [1.807, 2.05) is 30.9 Å². The molecular weight excluding hydrogens is 320 g/mol. The number of piperidine rings is 1. The maximum absolute atomic E-state index is 12.4. The predicted molar refractivity (Wildman–Crippen MR) is 82.3 cm³/mol. The lowest BCUT2D eigenvalue weighted by Crippen LogP contribution is -2.44. The summed E-state index contributed by atoms with van der Waals surface area (Å²) in [5, 5.41) is 0. The average molecular weight is 343 g/mol. The highest BCUT2D eigenvalue weighted by molar-refractivity contribution is 9.10. The first-order valence-corrected chi connectivity index (χ1v) is 8.18. The van der Waals surface area contributed by atoms with Crippen LogP contribution in [0, 0.1) is 5.92 Å². The average Bonchev–Trinajstić information content (AvgIpc) is 2.85. The van der Waals surface area contributed by atoms with E-state index in [9.17, 15) is 4.79 Å². The Balaban J connectivity index is 1.92. The quantitative estimate of drug-likeness (QED) is 0.824. The first kappa shape index (κ1) is 15.6. The van der Waals surface area contributed by atoms with Crippen molar-refractivity contribution in [2.75, 3.05) is 26.2 Å². The normalized spacial score (nSPS) is 20.1. The number of amides is 1. The molecule has 1 amide bonds. The summed E-state index contributed by atoms with van der Waals surface area (Å²) >= 11 is 3.32. The van der Waals surface area contributed by atoms with Crippen molar-refractivity contribution in [2.24, 2.45) is 5.92 Å². The Kier molecular flexibility index (Phi) is 5.66. The third kappa shape index (κ3) is 3.85. The van der Waals surface area contributed by atoms with Gasteiger partial charge in [-0.1, -0.05) is 0 Å². The second kappa shape index (κ2) is 7.27. The lowest BCUT2D eigenvalue weighted by molar-refractivity contribution is -0.137. The largest absolute Gasteiger partial charge is 0.453 e. The van der Waals surface area contributed by atoms with Crippen LogP contribution in [0.5, 0.6) is 0 Å². The van der Waals surface area contributed by atoms with Gasteiger partial charge in [-0.3, -0.25) is 9.69 Å². The fourth-order valence-corrected chi connectivity index (χ4v) is 3.19. The van der Waals surface area contributed by atoms with Crippen LogP contribution in [0.2, 0.25) is 0 Å². The summed E-state index contributed by atoms with van der Waals surface area (Å²) in [4.78, 5) is 16.7. The molecule has 1 fully saturated rings. The molecule has 0 aliphatic carbocycles. The van der Waals surface area contributed by atoms with E-state index in [0.29, 0.717) is 5.91 Å². The third-order valence-electron chi connectivity index (χ3n) is 3.94. The number of carbonyl (C=O) groups is 1. The fourth-order valence-electron chi connectivity index (χ4n) is 2.85. The molecule has 0 saturated carbocycles. The number of likely N-dealkylation sites (tertiary alicyclic amines) is 1. The maximum atomic E-state index is 12.4. The van der Waals surface area contributed by atoms with Gasteiger partial charge in [0.1, 0.15) is 5.76 Å². The number of hydrogen-bond acceptors (Lipinski definition) is 3. The molecule has 4 nitrogen and oxygen atoms in total. The molecule has 1 aromatic heterocycles. The van der Waals surface area contributed by atoms with Crippen LogP contribution in [0.1, 0.15) is 32.4 Å². The number of halogens is 1. The molecule has 1 aliphatic rings. The van der Waals surface area contributed by atoms with E-state index in [4.69, 9.17) is 4.42 Å². The summed E-state index contributed by atoms with van der Waals surface area (Å²) in [6, 6.07) is 3.90. The molecule has 2 heterocycles. The minimum absolute atomic E-state index is 0.141. The highest BCUT2D eigenvalue weighted by Gasteiger charge is 2.28. The Labute approximate surface area is 129 Å². The van der Waals surface area contributed by atoms with Gasteiger partial charge in [-0.05, 0) is 61.3 Å². The molecular formula is C15H23BrN2O2. The molecule has 1 saturated heterocycles. The second-order valence-corrected chi connectivity index (χ2v) is 6.07. The predicted octanol–water partition coefficient (Wildman–Crippen LogP) is 3.12. The SMILES string of the molecule is CCN(CC)C(=O)[C@H]1CCCN(Cc2ccc(Br)o2)C1. The maximum Gasteiger partial charge on any atom is 0.226 e. The number of hydrogen-bond donors (Lipinski definition) is 0. The lowest BCUT2D eigenvalue weighted by atomic mass is 9.96. The topological polar surface area (TPSA) is 36.7 Å². The molecule has 1 aromatic rings. The first-order valence-electron chi connectivity index (χ1n) is 7.39. The first-order chi connectivity index (χ1) is 9.63. The monoisotopic (exact) mass is 342 g/mol. The summed E-state index contributed by atoms with van der Waals surface area (Å²) in [5.41, 5.74) is 0. The van der Waals surface area contributed by atoms with Crippen LogP contribution in [0.15, 0.2) is 21.2 Å². The molecule has 0 bridgehead atoms. The van der Waals surface area contributed by atoms with E-state index >= 15 is 0 Å². The summed E-state index contributed by atoms with van der Waals surface area (Å²) < 4.78 is 6.32. The second-order valence-electron chi connectivity index (χ2n) is 5.29. The van der Waals surface area contributed by atoms with Gasteiger partial charge in [0.15, 0.2) is 4.67 Å². The lowest BCUT2D eigenvalue weighted by Gasteiger charge is -2.34. The van der Waals surface area contributed by atoms with E-state index < -0.39 is 0 Å². The molecule has 112 valence electrons. The number of rotatable bonds is 5. The van der Waals surface area contributed by atoms with Gasteiger partial charge in [-0.2, -0.15) is 0 Å². The summed E-state index contributed by atoms with van der Waals surface area (Å²) in [7, 11) is 0. The van der Waals surface area contributed by atoms with Crippen LogP contribution in [0.3, 0.4) is 0 Å². The van der Waals surface area contributed by atoms with Crippen LogP contribution < -0.4 is 0 Å². The number of furan rings is 1. The van der Waals surface area contributed by atoms with Crippen molar-refractivity contribution in [3.63, 3.8) is 0 Å². The van der Waals surface area contributed by atoms with Crippen molar-refractivity contribution >= 4 is 21.8 Å². The van der Waals surface area contributed by atoms with Crippen molar-refractivity contribution in [3.8, 4) is 0 Å². The van der Waals surface area contributed by atoms with Crippen LogP contribution >= 0.6 is 15.9 Å². The Morgan fingerprint density at radius 1 is 1.45 bits per heavy atom. The Hall–Kier alpha value is -0.810. The van der Waals surface area contributed by atoms with Gasteiger partial charge in [-0.15, -0.1) is 0 Å². The highest BCUT2D eigenvalue weighted by Crippen LogP contribution is 2.22. The fraction of sp³-hybridized carbons (Fsp3) is 0.667.